The molecular weight excluding hydrogens is 248 g/mol. The normalized spacial score (nSPS) is 30.9. The molecule has 1 saturated carbocycles. The van der Waals surface area contributed by atoms with Crippen molar-refractivity contribution in [3.8, 4) is 0 Å². The Morgan fingerprint density at radius 1 is 1.39 bits per heavy atom. The van der Waals surface area contributed by atoms with Gasteiger partial charge < -0.3 is 15.8 Å². The number of thiocarbonyl (C=S) groups is 1. The van der Waals surface area contributed by atoms with Crippen molar-refractivity contribution in [2.45, 2.75) is 57.6 Å². The third kappa shape index (κ3) is 2.52. The molecule has 1 aliphatic heterocycles. The van der Waals surface area contributed by atoms with E-state index in [-0.39, 0.29) is 18.1 Å². The summed E-state index contributed by atoms with van der Waals surface area (Å²) in [6.45, 7) is 2.71. The van der Waals surface area contributed by atoms with Gasteiger partial charge >= 0.3 is 0 Å². The molecule has 5 heteroatoms. The van der Waals surface area contributed by atoms with E-state index in [1.54, 1.807) is 0 Å². The lowest BCUT2D eigenvalue weighted by Crippen LogP contribution is -2.53. The molecule has 2 fully saturated rings. The molecule has 4 nitrogen and oxygen atoms in total. The van der Waals surface area contributed by atoms with E-state index >= 15 is 0 Å². The highest BCUT2D eigenvalue weighted by molar-refractivity contribution is 7.80. The summed E-state index contributed by atoms with van der Waals surface area (Å²) in [5, 5.41) is 3.09. The van der Waals surface area contributed by atoms with Gasteiger partial charge in [-0.1, -0.05) is 31.5 Å². The molecule has 2 unspecified atom stereocenters. The summed E-state index contributed by atoms with van der Waals surface area (Å²) < 4.78 is 5.47. The van der Waals surface area contributed by atoms with Crippen molar-refractivity contribution in [1.29, 1.82) is 0 Å². The predicted molar refractivity (Wildman–Crippen MR) is 74.3 cm³/mol. The molecule has 1 saturated heterocycles. The number of carbonyl (C=O) groups is 1. The first-order chi connectivity index (χ1) is 8.56. The lowest BCUT2D eigenvalue weighted by atomic mass is 9.73. The lowest BCUT2D eigenvalue weighted by Gasteiger charge is -2.36. The highest BCUT2D eigenvalue weighted by atomic mass is 32.1. The summed E-state index contributed by atoms with van der Waals surface area (Å²) in [4.78, 5) is 12.9. The first-order valence-electron chi connectivity index (χ1n) is 6.79. The van der Waals surface area contributed by atoms with Crippen LogP contribution in [0.25, 0.3) is 0 Å². The number of carbonyl (C=O) groups excluding carboxylic acids is 1. The van der Waals surface area contributed by atoms with Gasteiger partial charge in [-0.2, -0.15) is 0 Å². The van der Waals surface area contributed by atoms with E-state index in [9.17, 15) is 4.79 Å². The van der Waals surface area contributed by atoms with Crippen LogP contribution in [-0.2, 0) is 9.53 Å². The minimum Gasteiger partial charge on any atom is -0.392 e. The molecule has 2 rings (SSSR count). The minimum absolute atomic E-state index is 0.0112. The van der Waals surface area contributed by atoms with E-state index in [1.165, 1.54) is 6.42 Å². The van der Waals surface area contributed by atoms with E-state index in [0.29, 0.717) is 11.6 Å². The monoisotopic (exact) mass is 270 g/mol. The first-order valence-corrected chi connectivity index (χ1v) is 7.19. The van der Waals surface area contributed by atoms with Crippen molar-refractivity contribution in [3.63, 3.8) is 0 Å². The zero-order chi connectivity index (χ0) is 13.2. The predicted octanol–water partition coefficient (Wildman–Crippen LogP) is 1.52. The molecule has 0 radical (unpaired) electrons. The summed E-state index contributed by atoms with van der Waals surface area (Å²) in [5.41, 5.74) is 5.24. The highest BCUT2D eigenvalue weighted by Crippen LogP contribution is 2.37. The maximum atomic E-state index is 12.5. The molecule has 2 atom stereocenters. The van der Waals surface area contributed by atoms with Crippen LogP contribution in [0.5, 0.6) is 0 Å². The van der Waals surface area contributed by atoms with E-state index in [2.05, 4.69) is 5.32 Å². The molecule has 0 aromatic heterocycles. The molecule has 2 aliphatic rings. The van der Waals surface area contributed by atoms with E-state index in [0.717, 1.165) is 32.1 Å². The Bertz CT molecular complexity index is 340. The summed E-state index contributed by atoms with van der Waals surface area (Å²) in [5.74, 6) is 0.0112. The van der Waals surface area contributed by atoms with Crippen LogP contribution in [0, 0.1) is 5.41 Å². The average molecular weight is 270 g/mol. The van der Waals surface area contributed by atoms with Crippen molar-refractivity contribution in [2.75, 3.05) is 6.61 Å². The Morgan fingerprint density at radius 3 is 2.56 bits per heavy atom. The molecule has 102 valence electrons. The molecule has 0 spiro atoms. The second kappa shape index (κ2) is 5.53. The molecule has 0 aromatic carbocycles. The Hall–Kier alpha value is -0.680. The van der Waals surface area contributed by atoms with Crippen molar-refractivity contribution in [1.82, 2.24) is 5.32 Å². The van der Waals surface area contributed by atoms with Crippen molar-refractivity contribution >= 4 is 23.1 Å². The fraction of sp³-hybridized carbons (Fsp3) is 0.846. The van der Waals surface area contributed by atoms with E-state index < -0.39 is 5.41 Å². The number of nitrogens with one attached hydrogen (secondary N) is 1. The summed E-state index contributed by atoms with van der Waals surface area (Å²) >= 11 is 5.16. The van der Waals surface area contributed by atoms with Gasteiger partial charge in [0.05, 0.1) is 22.5 Å². The number of hydrogen-bond donors (Lipinski definition) is 2. The molecule has 3 N–H and O–H groups in total. The van der Waals surface area contributed by atoms with Gasteiger partial charge in [0.1, 0.15) is 0 Å². The molecule has 0 aromatic rings. The van der Waals surface area contributed by atoms with Gasteiger partial charge in [-0.3, -0.25) is 4.79 Å². The van der Waals surface area contributed by atoms with E-state index in [4.69, 9.17) is 22.7 Å². The smallest absolute Gasteiger partial charge is 0.233 e. The maximum absolute atomic E-state index is 12.5. The van der Waals surface area contributed by atoms with Gasteiger partial charge in [0.25, 0.3) is 0 Å². The average Bonchev–Trinajstić information content (AvgIpc) is 2.75. The molecule has 1 amide bonds. The third-order valence-corrected chi connectivity index (χ3v) is 4.70. The first kappa shape index (κ1) is 13.7. The number of hydrogen-bond acceptors (Lipinski definition) is 3. The van der Waals surface area contributed by atoms with Crippen molar-refractivity contribution in [3.05, 3.63) is 0 Å². The van der Waals surface area contributed by atoms with Gasteiger partial charge in [-0.25, -0.2) is 0 Å². The Morgan fingerprint density at radius 2 is 2.06 bits per heavy atom. The van der Waals surface area contributed by atoms with Crippen molar-refractivity contribution < 1.29 is 9.53 Å². The Balaban J connectivity index is 2.06. The summed E-state index contributed by atoms with van der Waals surface area (Å²) in [6, 6.07) is 0.102. The molecule has 1 heterocycles. The zero-order valence-corrected chi connectivity index (χ0v) is 11.7. The van der Waals surface area contributed by atoms with Gasteiger partial charge in [-0.05, 0) is 26.2 Å². The quantitative estimate of drug-likeness (QED) is 0.763. The lowest BCUT2D eigenvalue weighted by molar-refractivity contribution is -0.129. The largest absolute Gasteiger partial charge is 0.392 e. The Labute approximate surface area is 114 Å². The number of ether oxygens (including phenoxy) is 1. The second-order valence-corrected chi connectivity index (χ2v) is 5.89. The molecule has 0 bridgehead atoms. The fourth-order valence-corrected chi connectivity index (χ4v) is 3.27. The third-order valence-electron chi connectivity index (χ3n) is 4.31. The van der Waals surface area contributed by atoms with Crippen LogP contribution in [0.15, 0.2) is 0 Å². The van der Waals surface area contributed by atoms with E-state index in [1.807, 2.05) is 6.92 Å². The van der Waals surface area contributed by atoms with Gasteiger partial charge in [0.15, 0.2) is 0 Å². The molecular formula is C13H22N2O2S. The Kier molecular flexibility index (Phi) is 4.22. The fourth-order valence-electron chi connectivity index (χ4n) is 2.97. The van der Waals surface area contributed by atoms with Gasteiger partial charge in [0.2, 0.25) is 5.91 Å². The SMILES string of the molecule is CC1OCCC1NC(=O)C1(C(N)=S)CCCCC1. The highest BCUT2D eigenvalue weighted by Gasteiger charge is 2.43. The van der Waals surface area contributed by atoms with Crippen LogP contribution in [0.4, 0.5) is 0 Å². The van der Waals surface area contributed by atoms with Crippen LogP contribution in [0.3, 0.4) is 0 Å². The second-order valence-electron chi connectivity index (χ2n) is 5.45. The number of nitrogens with two attached hydrogens (primary N) is 1. The van der Waals surface area contributed by atoms with Crippen LogP contribution in [0.1, 0.15) is 45.4 Å². The topological polar surface area (TPSA) is 64.3 Å². The van der Waals surface area contributed by atoms with Gasteiger partial charge in [-0.15, -0.1) is 0 Å². The van der Waals surface area contributed by atoms with Crippen molar-refractivity contribution in [2.24, 2.45) is 11.1 Å². The van der Waals surface area contributed by atoms with Crippen LogP contribution < -0.4 is 11.1 Å². The van der Waals surface area contributed by atoms with Crippen LogP contribution >= 0.6 is 12.2 Å². The standard InChI is InChI=1S/C13H22N2O2S/c1-9-10(5-8-17-9)15-12(16)13(11(14)18)6-3-2-4-7-13/h9-10H,2-8H2,1H3,(H2,14,18)(H,15,16). The van der Waals surface area contributed by atoms with Crippen LogP contribution in [-0.4, -0.2) is 29.6 Å². The number of amides is 1. The molecule has 18 heavy (non-hydrogen) atoms. The summed E-state index contributed by atoms with van der Waals surface area (Å²) in [7, 11) is 0. The minimum atomic E-state index is -0.615. The summed E-state index contributed by atoms with van der Waals surface area (Å²) in [6.07, 6.45) is 5.76. The maximum Gasteiger partial charge on any atom is 0.233 e. The van der Waals surface area contributed by atoms with Gasteiger partial charge in [0, 0.05) is 6.61 Å². The molecule has 1 aliphatic carbocycles. The number of rotatable bonds is 3. The zero-order valence-electron chi connectivity index (χ0n) is 10.9. The van der Waals surface area contributed by atoms with Crippen LogP contribution in [0.2, 0.25) is 0 Å².